The quantitative estimate of drug-likeness (QED) is 0.834. The number of benzene rings is 1. The SMILES string of the molecule is O=C(Nc1ccc(NC2CCC2)cc1)C1CC1. The van der Waals surface area contributed by atoms with Gasteiger partial charge in [0.1, 0.15) is 0 Å². The lowest BCUT2D eigenvalue weighted by atomic mass is 9.93. The molecule has 3 nitrogen and oxygen atoms in total. The molecule has 3 rings (SSSR count). The lowest BCUT2D eigenvalue weighted by molar-refractivity contribution is -0.117. The first-order chi connectivity index (χ1) is 8.31. The van der Waals surface area contributed by atoms with E-state index in [1.807, 2.05) is 24.3 Å². The van der Waals surface area contributed by atoms with Crippen LogP contribution in [0.1, 0.15) is 32.1 Å². The van der Waals surface area contributed by atoms with Gasteiger partial charge in [-0.3, -0.25) is 4.79 Å². The molecule has 1 aromatic rings. The second-order valence-electron chi connectivity index (χ2n) is 5.11. The monoisotopic (exact) mass is 230 g/mol. The van der Waals surface area contributed by atoms with E-state index in [0.717, 1.165) is 24.2 Å². The van der Waals surface area contributed by atoms with Gasteiger partial charge in [0.15, 0.2) is 0 Å². The first-order valence-corrected chi connectivity index (χ1v) is 6.49. The van der Waals surface area contributed by atoms with E-state index in [4.69, 9.17) is 0 Å². The molecule has 0 radical (unpaired) electrons. The minimum Gasteiger partial charge on any atom is -0.382 e. The predicted molar refractivity (Wildman–Crippen MR) is 69.1 cm³/mol. The van der Waals surface area contributed by atoms with E-state index in [1.165, 1.54) is 19.3 Å². The van der Waals surface area contributed by atoms with Crippen LogP contribution < -0.4 is 10.6 Å². The van der Waals surface area contributed by atoms with E-state index < -0.39 is 0 Å². The van der Waals surface area contributed by atoms with Crippen molar-refractivity contribution in [1.29, 1.82) is 0 Å². The van der Waals surface area contributed by atoms with Gasteiger partial charge in [-0.2, -0.15) is 0 Å². The van der Waals surface area contributed by atoms with Gasteiger partial charge >= 0.3 is 0 Å². The first kappa shape index (κ1) is 10.6. The maximum absolute atomic E-state index is 11.6. The van der Waals surface area contributed by atoms with Crippen LogP contribution in [0.5, 0.6) is 0 Å². The third-order valence-corrected chi connectivity index (χ3v) is 3.58. The summed E-state index contributed by atoms with van der Waals surface area (Å²) >= 11 is 0. The smallest absolute Gasteiger partial charge is 0.227 e. The molecule has 2 N–H and O–H groups in total. The Morgan fingerprint density at radius 3 is 2.18 bits per heavy atom. The Balaban J connectivity index is 1.56. The van der Waals surface area contributed by atoms with Crippen LogP contribution in [-0.2, 0) is 4.79 Å². The Bertz CT molecular complexity index is 405. The van der Waals surface area contributed by atoms with Crippen LogP contribution in [0.15, 0.2) is 24.3 Å². The largest absolute Gasteiger partial charge is 0.382 e. The highest BCUT2D eigenvalue weighted by Gasteiger charge is 2.29. The molecule has 0 heterocycles. The van der Waals surface area contributed by atoms with Crippen molar-refractivity contribution in [3.05, 3.63) is 24.3 Å². The van der Waals surface area contributed by atoms with Gasteiger partial charge in [0.2, 0.25) is 5.91 Å². The van der Waals surface area contributed by atoms with Crippen LogP contribution >= 0.6 is 0 Å². The molecular formula is C14H18N2O. The highest BCUT2D eigenvalue weighted by Crippen LogP contribution is 2.30. The summed E-state index contributed by atoms with van der Waals surface area (Å²) < 4.78 is 0. The normalized spacial score (nSPS) is 19.5. The fourth-order valence-electron chi connectivity index (χ4n) is 2.03. The van der Waals surface area contributed by atoms with E-state index in [2.05, 4.69) is 10.6 Å². The molecule has 90 valence electrons. The zero-order valence-corrected chi connectivity index (χ0v) is 9.91. The van der Waals surface area contributed by atoms with Crippen LogP contribution in [0.3, 0.4) is 0 Å². The fourth-order valence-corrected chi connectivity index (χ4v) is 2.03. The van der Waals surface area contributed by atoms with E-state index in [0.29, 0.717) is 6.04 Å². The molecule has 0 saturated heterocycles. The average Bonchev–Trinajstić information content (AvgIpc) is 3.09. The topological polar surface area (TPSA) is 41.1 Å². The number of carbonyl (C=O) groups excluding carboxylic acids is 1. The van der Waals surface area contributed by atoms with Gasteiger partial charge < -0.3 is 10.6 Å². The molecule has 17 heavy (non-hydrogen) atoms. The Labute approximate surface area is 102 Å². The van der Waals surface area contributed by atoms with Gasteiger partial charge in [-0.15, -0.1) is 0 Å². The highest BCUT2D eigenvalue weighted by atomic mass is 16.2. The lowest BCUT2D eigenvalue weighted by Gasteiger charge is -2.27. The molecular weight excluding hydrogens is 212 g/mol. The van der Waals surface area contributed by atoms with Gasteiger partial charge in [0.25, 0.3) is 0 Å². The van der Waals surface area contributed by atoms with Crippen LogP contribution in [0.4, 0.5) is 11.4 Å². The molecule has 1 amide bonds. The molecule has 3 heteroatoms. The number of hydrogen-bond donors (Lipinski definition) is 2. The second kappa shape index (κ2) is 4.40. The van der Waals surface area contributed by atoms with Gasteiger partial charge in [0, 0.05) is 23.3 Å². The maximum Gasteiger partial charge on any atom is 0.227 e. The molecule has 0 aliphatic heterocycles. The lowest BCUT2D eigenvalue weighted by Crippen LogP contribution is -2.26. The standard InChI is InChI=1S/C14H18N2O/c17-14(10-4-5-10)16-13-8-6-12(7-9-13)15-11-2-1-3-11/h6-11,15H,1-5H2,(H,16,17). The van der Waals surface area contributed by atoms with Crippen LogP contribution in [0.25, 0.3) is 0 Å². The fraction of sp³-hybridized carbons (Fsp3) is 0.500. The molecule has 2 fully saturated rings. The van der Waals surface area contributed by atoms with Crippen LogP contribution in [-0.4, -0.2) is 11.9 Å². The Morgan fingerprint density at radius 2 is 1.65 bits per heavy atom. The van der Waals surface area contributed by atoms with Gasteiger partial charge in [-0.25, -0.2) is 0 Å². The van der Waals surface area contributed by atoms with E-state index >= 15 is 0 Å². The summed E-state index contributed by atoms with van der Waals surface area (Å²) in [5.41, 5.74) is 2.06. The van der Waals surface area contributed by atoms with Crippen molar-refractivity contribution in [3.8, 4) is 0 Å². The minimum absolute atomic E-state index is 0.171. The Kier molecular flexibility index (Phi) is 2.75. The maximum atomic E-state index is 11.6. The highest BCUT2D eigenvalue weighted by molar-refractivity contribution is 5.94. The van der Waals surface area contributed by atoms with Crippen LogP contribution in [0.2, 0.25) is 0 Å². The second-order valence-corrected chi connectivity index (χ2v) is 5.11. The Morgan fingerprint density at radius 1 is 1.00 bits per heavy atom. The zero-order valence-electron chi connectivity index (χ0n) is 9.91. The summed E-state index contributed by atoms with van der Waals surface area (Å²) in [4.78, 5) is 11.6. The molecule has 0 atom stereocenters. The van der Waals surface area contributed by atoms with Crippen molar-refractivity contribution in [1.82, 2.24) is 0 Å². The molecule has 0 unspecified atom stereocenters. The summed E-state index contributed by atoms with van der Waals surface area (Å²) in [5, 5.41) is 6.43. The predicted octanol–water partition coefficient (Wildman–Crippen LogP) is 3.00. The summed E-state index contributed by atoms with van der Waals surface area (Å²) in [6, 6.07) is 8.69. The number of amides is 1. The third kappa shape index (κ3) is 2.60. The van der Waals surface area contributed by atoms with Crippen molar-refractivity contribution in [3.63, 3.8) is 0 Å². The Hall–Kier alpha value is -1.51. The van der Waals surface area contributed by atoms with Crippen molar-refractivity contribution in [2.45, 2.75) is 38.1 Å². The third-order valence-electron chi connectivity index (χ3n) is 3.58. The van der Waals surface area contributed by atoms with E-state index in [-0.39, 0.29) is 11.8 Å². The number of hydrogen-bond acceptors (Lipinski definition) is 2. The minimum atomic E-state index is 0.171. The molecule has 2 saturated carbocycles. The van der Waals surface area contributed by atoms with E-state index in [1.54, 1.807) is 0 Å². The van der Waals surface area contributed by atoms with Crippen LogP contribution in [0, 0.1) is 5.92 Å². The van der Waals surface area contributed by atoms with E-state index in [9.17, 15) is 4.79 Å². The summed E-state index contributed by atoms with van der Waals surface area (Å²) in [7, 11) is 0. The summed E-state index contributed by atoms with van der Waals surface area (Å²) in [6.45, 7) is 0. The zero-order chi connectivity index (χ0) is 11.7. The van der Waals surface area contributed by atoms with Gasteiger partial charge in [-0.1, -0.05) is 0 Å². The first-order valence-electron chi connectivity index (χ1n) is 6.49. The van der Waals surface area contributed by atoms with Gasteiger partial charge in [0.05, 0.1) is 0 Å². The number of carbonyl (C=O) groups is 1. The molecule has 2 aliphatic carbocycles. The average molecular weight is 230 g/mol. The number of anilines is 2. The van der Waals surface area contributed by atoms with Gasteiger partial charge in [-0.05, 0) is 56.4 Å². The van der Waals surface area contributed by atoms with Crippen molar-refractivity contribution in [2.24, 2.45) is 5.92 Å². The molecule has 0 spiro atoms. The number of rotatable bonds is 4. The number of nitrogens with one attached hydrogen (secondary N) is 2. The van der Waals surface area contributed by atoms with Crippen molar-refractivity contribution < 1.29 is 4.79 Å². The molecule has 1 aromatic carbocycles. The summed E-state index contributed by atoms with van der Waals surface area (Å²) in [6.07, 6.45) is 5.99. The van der Waals surface area contributed by atoms with Crippen molar-refractivity contribution in [2.75, 3.05) is 10.6 Å². The summed E-state index contributed by atoms with van der Waals surface area (Å²) in [5.74, 6) is 0.437. The molecule has 0 aromatic heterocycles. The van der Waals surface area contributed by atoms with Crippen molar-refractivity contribution >= 4 is 17.3 Å². The molecule has 2 aliphatic rings. The molecule has 0 bridgehead atoms.